The molecule has 0 aliphatic carbocycles. The molecule has 0 spiro atoms. The van der Waals surface area contributed by atoms with Gasteiger partial charge in [-0.1, -0.05) is 41.0 Å². The summed E-state index contributed by atoms with van der Waals surface area (Å²) in [6.07, 6.45) is 3.79. The molecule has 0 bridgehead atoms. The van der Waals surface area contributed by atoms with E-state index in [1.807, 2.05) is 0 Å². The summed E-state index contributed by atoms with van der Waals surface area (Å²) < 4.78 is 5.67. The van der Waals surface area contributed by atoms with E-state index in [2.05, 4.69) is 39.9 Å². The Morgan fingerprint density at radius 1 is 0.941 bits per heavy atom. The van der Waals surface area contributed by atoms with E-state index in [1.54, 1.807) is 0 Å². The fourth-order valence-electron chi connectivity index (χ4n) is 1.90. The molecule has 1 atom stereocenters. The maximum absolute atomic E-state index is 5.67. The van der Waals surface area contributed by atoms with Crippen LogP contribution in [0.25, 0.3) is 0 Å². The van der Waals surface area contributed by atoms with Crippen LogP contribution in [0.5, 0.6) is 0 Å². The van der Waals surface area contributed by atoms with Crippen LogP contribution in [-0.2, 0) is 4.74 Å². The lowest BCUT2D eigenvalue weighted by Crippen LogP contribution is -2.27. The van der Waals surface area contributed by atoms with Crippen molar-refractivity contribution in [2.45, 2.75) is 53.9 Å². The van der Waals surface area contributed by atoms with Crippen molar-refractivity contribution >= 4 is 0 Å². The molecular formula is C15H33NO. The summed E-state index contributed by atoms with van der Waals surface area (Å²) in [6.45, 7) is 15.3. The molecule has 0 saturated carbocycles. The SMILES string of the molecule is CCCC(CCOCC(C)C)CNCC(C)C. The molecule has 2 nitrogen and oxygen atoms in total. The van der Waals surface area contributed by atoms with Crippen LogP contribution in [0.15, 0.2) is 0 Å². The van der Waals surface area contributed by atoms with Gasteiger partial charge in [0.05, 0.1) is 0 Å². The van der Waals surface area contributed by atoms with E-state index in [9.17, 15) is 0 Å². The standard InChI is InChI=1S/C15H33NO/c1-6-7-15(11-16-10-13(2)3)8-9-17-12-14(4)5/h13-16H,6-12H2,1-5H3. The first-order chi connectivity index (χ1) is 8.06. The van der Waals surface area contributed by atoms with Crippen molar-refractivity contribution in [2.75, 3.05) is 26.3 Å². The van der Waals surface area contributed by atoms with Crippen molar-refractivity contribution < 1.29 is 4.74 Å². The highest BCUT2D eigenvalue weighted by Gasteiger charge is 2.08. The molecule has 0 heterocycles. The van der Waals surface area contributed by atoms with Crippen LogP contribution in [0, 0.1) is 17.8 Å². The van der Waals surface area contributed by atoms with Gasteiger partial charge in [-0.15, -0.1) is 0 Å². The Hall–Kier alpha value is -0.0800. The summed E-state index contributed by atoms with van der Waals surface area (Å²) in [5, 5.41) is 3.56. The molecule has 17 heavy (non-hydrogen) atoms. The van der Waals surface area contributed by atoms with Crippen molar-refractivity contribution in [3.8, 4) is 0 Å². The van der Waals surface area contributed by atoms with E-state index < -0.39 is 0 Å². The van der Waals surface area contributed by atoms with Crippen molar-refractivity contribution in [1.29, 1.82) is 0 Å². The number of hydrogen-bond acceptors (Lipinski definition) is 2. The van der Waals surface area contributed by atoms with Gasteiger partial charge in [-0.2, -0.15) is 0 Å². The molecule has 0 rings (SSSR count). The molecule has 0 radical (unpaired) electrons. The van der Waals surface area contributed by atoms with E-state index in [-0.39, 0.29) is 0 Å². The first kappa shape index (κ1) is 16.9. The molecule has 0 amide bonds. The molecule has 0 fully saturated rings. The van der Waals surface area contributed by atoms with Crippen LogP contribution in [0.2, 0.25) is 0 Å². The second kappa shape index (κ2) is 11.0. The van der Waals surface area contributed by atoms with E-state index in [4.69, 9.17) is 4.74 Å². The van der Waals surface area contributed by atoms with Gasteiger partial charge < -0.3 is 10.1 Å². The van der Waals surface area contributed by atoms with Gasteiger partial charge in [0.2, 0.25) is 0 Å². The van der Waals surface area contributed by atoms with E-state index in [1.165, 1.54) is 19.3 Å². The number of rotatable bonds is 11. The summed E-state index contributed by atoms with van der Waals surface area (Å²) in [5.74, 6) is 2.18. The average molecular weight is 243 g/mol. The number of nitrogens with one attached hydrogen (secondary N) is 1. The van der Waals surface area contributed by atoms with Crippen molar-refractivity contribution in [2.24, 2.45) is 17.8 Å². The number of ether oxygens (including phenoxy) is 1. The van der Waals surface area contributed by atoms with E-state index in [0.717, 1.165) is 38.1 Å². The van der Waals surface area contributed by atoms with Crippen LogP contribution in [0.3, 0.4) is 0 Å². The van der Waals surface area contributed by atoms with Crippen molar-refractivity contribution in [3.63, 3.8) is 0 Å². The molecule has 0 aromatic heterocycles. The van der Waals surface area contributed by atoms with E-state index in [0.29, 0.717) is 5.92 Å². The Bertz CT molecular complexity index is 157. The quantitative estimate of drug-likeness (QED) is 0.559. The predicted molar refractivity (Wildman–Crippen MR) is 76.4 cm³/mol. The predicted octanol–water partition coefficient (Wildman–Crippen LogP) is 3.71. The molecule has 1 unspecified atom stereocenters. The smallest absolute Gasteiger partial charge is 0.0488 e. The average Bonchev–Trinajstić information content (AvgIpc) is 2.23. The zero-order chi connectivity index (χ0) is 13.1. The lowest BCUT2D eigenvalue weighted by molar-refractivity contribution is 0.0965. The van der Waals surface area contributed by atoms with Gasteiger partial charge in [0, 0.05) is 13.2 Å². The first-order valence-corrected chi connectivity index (χ1v) is 7.34. The molecule has 0 aromatic rings. The maximum Gasteiger partial charge on any atom is 0.0488 e. The van der Waals surface area contributed by atoms with Crippen LogP contribution in [0.4, 0.5) is 0 Å². The second-order valence-corrected chi connectivity index (χ2v) is 5.96. The lowest BCUT2D eigenvalue weighted by Gasteiger charge is -2.18. The van der Waals surface area contributed by atoms with E-state index >= 15 is 0 Å². The summed E-state index contributed by atoms with van der Waals surface area (Å²) >= 11 is 0. The summed E-state index contributed by atoms with van der Waals surface area (Å²) in [6, 6.07) is 0. The van der Waals surface area contributed by atoms with Gasteiger partial charge in [-0.3, -0.25) is 0 Å². The van der Waals surface area contributed by atoms with Gasteiger partial charge in [0.15, 0.2) is 0 Å². The highest BCUT2D eigenvalue weighted by atomic mass is 16.5. The lowest BCUT2D eigenvalue weighted by atomic mass is 10.00. The zero-order valence-corrected chi connectivity index (χ0v) is 12.6. The third-order valence-corrected chi connectivity index (χ3v) is 2.80. The normalized spacial score (nSPS) is 13.6. The van der Waals surface area contributed by atoms with Crippen LogP contribution >= 0.6 is 0 Å². The zero-order valence-electron chi connectivity index (χ0n) is 12.6. The minimum Gasteiger partial charge on any atom is -0.381 e. The van der Waals surface area contributed by atoms with Crippen LogP contribution in [0.1, 0.15) is 53.9 Å². The maximum atomic E-state index is 5.67. The third kappa shape index (κ3) is 12.2. The summed E-state index contributed by atoms with van der Waals surface area (Å²) in [7, 11) is 0. The molecule has 0 saturated heterocycles. The highest BCUT2D eigenvalue weighted by Crippen LogP contribution is 2.11. The molecule has 104 valence electrons. The molecule has 0 aromatic carbocycles. The molecule has 1 N–H and O–H groups in total. The van der Waals surface area contributed by atoms with Gasteiger partial charge in [-0.05, 0) is 43.7 Å². The Kier molecular flexibility index (Phi) is 11.0. The second-order valence-electron chi connectivity index (χ2n) is 5.96. The van der Waals surface area contributed by atoms with Crippen molar-refractivity contribution in [1.82, 2.24) is 5.32 Å². The van der Waals surface area contributed by atoms with Crippen molar-refractivity contribution in [3.05, 3.63) is 0 Å². The fraction of sp³-hybridized carbons (Fsp3) is 1.00. The molecular weight excluding hydrogens is 210 g/mol. The largest absolute Gasteiger partial charge is 0.381 e. The summed E-state index contributed by atoms with van der Waals surface area (Å²) in [5.41, 5.74) is 0. The minimum atomic E-state index is 0.652. The molecule has 0 aliphatic heterocycles. The van der Waals surface area contributed by atoms with Crippen LogP contribution in [-0.4, -0.2) is 26.3 Å². The molecule has 0 aliphatic rings. The van der Waals surface area contributed by atoms with Gasteiger partial charge in [0.1, 0.15) is 0 Å². The van der Waals surface area contributed by atoms with Crippen LogP contribution < -0.4 is 5.32 Å². The topological polar surface area (TPSA) is 21.3 Å². The Morgan fingerprint density at radius 2 is 1.65 bits per heavy atom. The monoisotopic (exact) mass is 243 g/mol. The highest BCUT2D eigenvalue weighted by molar-refractivity contribution is 4.63. The fourth-order valence-corrected chi connectivity index (χ4v) is 1.90. The van der Waals surface area contributed by atoms with Gasteiger partial charge >= 0.3 is 0 Å². The van der Waals surface area contributed by atoms with Gasteiger partial charge in [-0.25, -0.2) is 0 Å². The third-order valence-electron chi connectivity index (χ3n) is 2.80. The van der Waals surface area contributed by atoms with Gasteiger partial charge in [0.25, 0.3) is 0 Å². The molecule has 2 heteroatoms. The minimum absolute atomic E-state index is 0.652. The summed E-state index contributed by atoms with van der Waals surface area (Å²) in [4.78, 5) is 0. The Labute approximate surface area is 109 Å². The number of hydrogen-bond donors (Lipinski definition) is 1. The first-order valence-electron chi connectivity index (χ1n) is 7.34. The Morgan fingerprint density at radius 3 is 2.18 bits per heavy atom. The Balaban J connectivity index is 3.59.